The van der Waals surface area contributed by atoms with Crippen LogP contribution in [0.2, 0.25) is 0 Å². The molecule has 0 amide bonds. The predicted octanol–water partition coefficient (Wildman–Crippen LogP) is 5.61. The zero-order chi connectivity index (χ0) is 19.8. The van der Waals surface area contributed by atoms with Crippen molar-refractivity contribution in [3.05, 3.63) is 83.6 Å². The van der Waals surface area contributed by atoms with Gasteiger partial charge in [-0.25, -0.2) is 0 Å². The van der Waals surface area contributed by atoms with Gasteiger partial charge in [0.25, 0.3) is 5.88 Å². The van der Waals surface area contributed by atoms with Gasteiger partial charge in [-0.1, -0.05) is 81.4 Å². The van der Waals surface area contributed by atoms with Gasteiger partial charge in [0.2, 0.25) is 0 Å². The smallest absolute Gasteiger partial charge is 0.276 e. The Morgan fingerprint density at radius 2 is 1.32 bits per heavy atom. The van der Waals surface area contributed by atoms with Crippen LogP contribution in [0, 0.1) is 5.41 Å². The van der Waals surface area contributed by atoms with Crippen molar-refractivity contribution in [2.24, 2.45) is 5.41 Å². The maximum absolute atomic E-state index is 6.06. The lowest BCUT2D eigenvalue weighted by atomic mass is 9.90. The topological polar surface area (TPSA) is 44.2 Å². The second kappa shape index (κ2) is 9.36. The molecule has 4 nitrogen and oxygen atoms in total. The number of hydrogen-bond donors (Lipinski definition) is 0. The number of hydrogen-bond acceptors (Lipinski definition) is 4. The van der Waals surface area contributed by atoms with Crippen molar-refractivity contribution in [2.45, 2.75) is 46.8 Å². The van der Waals surface area contributed by atoms with Crippen molar-refractivity contribution in [1.82, 2.24) is 10.2 Å². The van der Waals surface area contributed by atoms with Crippen LogP contribution in [0.5, 0.6) is 11.6 Å². The van der Waals surface area contributed by atoms with Crippen molar-refractivity contribution < 1.29 is 9.47 Å². The molecule has 0 bridgehead atoms. The van der Waals surface area contributed by atoms with Gasteiger partial charge in [0.1, 0.15) is 13.2 Å². The fourth-order valence-electron chi connectivity index (χ4n) is 2.69. The molecule has 0 saturated carbocycles. The van der Waals surface area contributed by atoms with E-state index < -0.39 is 0 Å². The average molecular weight is 377 g/mol. The molecule has 0 N–H and O–H groups in total. The van der Waals surface area contributed by atoms with E-state index in [1.807, 2.05) is 66.7 Å². The first-order valence-corrected chi connectivity index (χ1v) is 9.70. The van der Waals surface area contributed by atoms with Gasteiger partial charge in [-0.3, -0.25) is 0 Å². The first-order valence-electron chi connectivity index (χ1n) is 9.70. The van der Waals surface area contributed by atoms with E-state index in [4.69, 9.17) is 9.47 Å². The van der Waals surface area contributed by atoms with Gasteiger partial charge in [0, 0.05) is 6.07 Å². The molecule has 0 radical (unpaired) electrons. The summed E-state index contributed by atoms with van der Waals surface area (Å²) >= 11 is 0. The van der Waals surface area contributed by atoms with Crippen molar-refractivity contribution in [3.63, 3.8) is 0 Å². The Bertz CT molecular complexity index is 859. The first kappa shape index (κ1) is 19.9. The van der Waals surface area contributed by atoms with Crippen molar-refractivity contribution in [1.29, 1.82) is 0 Å². The van der Waals surface area contributed by atoms with Crippen LogP contribution in [0.4, 0.5) is 0 Å². The van der Waals surface area contributed by atoms with Crippen molar-refractivity contribution in [3.8, 4) is 11.6 Å². The molecule has 1 aromatic heterocycles. The predicted molar refractivity (Wildman–Crippen MR) is 111 cm³/mol. The third-order valence-corrected chi connectivity index (χ3v) is 4.36. The molecule has 1 heterocycles. The quantitative estimate of drug-likeness (QED) is 0.512. The summed E-state index contributed by atoms with van der Waals surface area (Å²) in [6.07, 6.45) is 1.89. The molecule has 0 unspecified atom stereocenters. The largest absolute Gasteiger partial charge is 0.483 e. The molecule has 2 aromatic carbocycles. The highest BCUT2D eigenvalue weighted by atomic mass is 16.5. The van der Waals surface area contributed by atoms with Crippen LogP contribution in [-0.2, 0) is 19.6 Å². The molecule has 0 fully saturated rings. The number of benzene rings is 2. The average Bonchev–Trinajstić information content (AvgIpc) is 2.71. The van der Waals surface area contributed by atoms with Crippen molar-refractivity contribution in [2.75, 3.05) is 0 Å². The summed E-state index contributed by atoms with van der Waals surface area (Å²) in [4.78, 5) is 0. The van der Waals surface area contributed by atoms with E-state index in [9.17, 15) is 0 Å². The highest BCUT2D eigenvalue weighted by Gasteiger charge is 2.14. The molecular weight excluding hydrogens is 348 g/mol. The second-order valence-electron chi connectivity index (χ2n) is 8.11. The Morgan fingerprint density at radius 3 is 1.89 bits per heavy atom. The lowest BCUT2D eigenvalue weighted by Gasteiger charge is -2.18. The number of aryl methyl sites for hydroxylation is 1. The van der Waals surface area contributed by atoms with E-state index in [1.54, 1.807) is 0 Å². The number of nitrogens with zero attached hydrogens (tertiary/aromatic N) is 2. The van der Waals surface area contributed by atoms with E-state index >= 15 is 0 Å². The van der Waals surface area contributed by atoms with Crippen LogP contribution in [0.3, 0.4) is 0 Å². The third-order valence-electron chi connectivity index (χ3n) is 4.36. The highest BCUT2D eigenvalue weighted by molar-refractivity contribution is 5.34. The van der Waals surface area contributed by atoms with Gasteiger partial charge in [-0.05, 0) is 29.4 Å². The zero-order valence-corrected chi connectivity index (χ0v) is 16.9. The van der Waals surface area contributed by atoms with E-state index in [2.05, 4.69) is 31.0 Å². The summed E-state index contributed by atoms with van der Waals surface area (Å²) < 4.78 is 12.0. The SMILES string of the molecule is CC(C)(C)CCc1cc(OCc2ccccc2)c(OCc2ccccc2)nn1. The van der Waals surface area contributed by atoms with Crippen LogP contribution >= 0.6 is 0 Å². The second-order valence-corrected chi connectivity index (χ2v) is 8.11. The Hall–Kier alpha value is -2.88. The maximum Gasteiger partial charge on any atom is 0.276 e. The number of rotatable bonds is 8. The molecule has 0 aliphatic heterocycles. The van der Waals surface area contributed by atoms with Gasteiger partial charge < -0.3 is 9.47 Å². The van der Waals surface area contributed by atoms with Gasteiger partial charge in [0.05, 0.1) is 5.69 Å². The van der Waals surface area contributed by atoms with Gasteiger partial charge in [0.15, 0.2) is 5.75 Å². The molecule has 3 aromatic rings. The molecule has 4 heteroatoms. The summed E-state index contributed by atoms with van der Waals surface area (Å²) in [6, 6.07) is 22.1. The van der Waals surface area contributed by atoms with Crippen LogP contribution < -0.4 is 9.47 Å². The summed E-state index contributed by atoms with van der Waals surface area (Å²) in [7, 11) is 0. The standard InChI is InChI=1S/C24H28N2O2/c1-24(2,3)15-14-21-16-22(27-17-19-10-6-4-7-11-19)23(26-25-21)28-18-20-12-8-5-9-13-20/h4-13,16H,14-15,17-18H2,1-3H3. The van der Waals surface area contributed by atoms with E-state index in [0.717, 1.165) is 29.7 Å². The Kier molecular flexibility index (Phi) is 6.64. The fraction of sp³-hybridized carbons (Fsp3) is 0.333. The molecule has 0 atom stereocenters. The van der Waals surface area contributed by atoms with Crippen LogP contribution in [0.15, 0.2) is 66.7 Å². The molecule has 0 saturated heterocycles. The van der Waals surface area contributed by atoms with Crippen LogP contribution in [0.25, 0.3) is 0 Å². The third kappa shape index (κ3) is 6.38. The van der Waals surface area contributed by atoms with Gasteiger partial charge >= 0.3 is 0 Å². The van der Waals surface area contributed by atoms with E-state index in [0.29, 0.717) is 24.8 Å². The monoisotopic (exact) mass is 376 g/mol. The summed E-state index contributed by atoms with van der Waals surface area (Å²) in [5.74, 6) is 1.07. The molecule has 146 valence electrons. The Morgan fingerprint density at radius 1 is 0.750 bits per heavy atom. The Balaban J connectivity index is 1.74. The summed E-state index contributed by atoms with van der Waals surface area (Å²) in [5, 5.41) is 8.66. The minimum Gasteiger partial charge on any atom is -0.483 e. The molecule has 28 heavy (non-hydrogen) atoms. The summed E-state index contributed by atoms with van der Waals surface area (Å²) in [6.45, 7) is 7.57. The normalized spacial score (nSPS) is 11.2. The zero-order valence-electron chi connectivity index (χ0n) is 16.9. The first-order chi connectivity index (χ1) is 13.5. The minimum atomic E-state index is 0.245. The van der Waals surface area contributed by atoms with Gasteiger partial charge in [-0.15, -0.1) is 5.10 Å². The maximum atomic E-state index is 6.06. The van der Waals surface area contributed by atoms with Gasteiger partial charge in [-0.2, -0.15) is 5.10 Å². The van der Waals surface area contributed by atoms with Crippen LogP contribution in [-0.4, -0.2) is 10.2 Å². The highest BCUT2D eigenvalue weighted by Crippen LogP contribution is 2.28. The molecule has 3 rings (SSSR count). The number of aromatic nitrogens is 2. The fourth-order valence-corrected chi connectivity index (χ4v) is 2.69. The number of ether oxygens (including phenoxy) is 2. The van der Waals surface area contributed by atoms with E-state index in [-0.39, 0.29) is 5.41 Å². The lowest BCUT2D eigenvalue weighted by Crippen LogP contribution is -2.09. The minimum absolute atomic E-state index is 0.245. The summed E-state index contributed by atoms with van der Waals surface area (Å²) in [5.41, 5.74) is 3.35. The van der Waals surface area contributed by atoms with Crippen molar-refractivity contribution >= 4 is 0 Å². The molecule has 0 aliphatic carbocycles. The molecule has 0 spiro atoms. The molecule has 0 aliphatic rings. The van der Waals surface area contributed by atoms with Crippen LogP contribution in [0.1, 0.15) is 44.0 Å². The lowest BCUT2D eigenvalue weighted by molar-refractivity contribution is 0.243. The Labute approximate surface area is 167 Å². The molecular formula is C24H28N2O2. The van der Waals surface area contributed by atoms with E-state index in [1.165, 1.54) is 0 Å².